The summed E-state index contributed by atoms with van der Waals surface area (Å²) in [5.74, 6) is 0.201. The van der Waals surface area contributed by atoms with Gasteiger partial charge >= 0.3 is 0 Å². The second kappa shape index (κ2) is 11.9. The van der Waals surface area contributed by atoms with Crippen LogP contribution in [0.25, 0.3) is 10.8 Å². The van der Waals surface area contributed by atoms with Gasteiger partial charge in [-0.2, -0.15) is 5.10 Å². The third kappa shape index (κ3) is 6.61. The molecule has 0 aliphatic rings. The van der Waals surface area contributed by atoms with Crippen molar-refractivity contribution >= 4 is 46.1 Å². The monoisotopic (exact) mass is 501 g/mol. The number of halogens is 1. The van der Waals surface area contributed by atoms with Crippen LogP contribution in [0.4, 0.5) is 5.69 Å². The predicted molar refractivity (Wildman–Crippen MR) is 142 cm³/mol. The lowest BCUT2D eigenvalue weighted by Gasteiger charge is -2.12. The largest absolute Gasteiger partial charge is 0.497 e. The van der Waals surface area contributed by atoms with Crippen LogP contribution in [0.5, 0.6) is 11.5 Å². The molecule has 0 unspecified atom stereocenters. The third-order valence-corrected chi connectivity index (χ3v) is 5.55. The molecule has 4 rings (SSSR count). The van der Waals surface area contributed by atoms with Gasteiger partial charge in [-0.05, 0) is 46.7 Å². The molecular weight excluding hydrogens is 478 g/mol. The van der Waals surface area contributed by atoms with Gasteiger partial charge in [-0.25, -0.2) is 5.43 Å². The van der Waals surface area contributed by atoms with Gasteiger partial charge in [0.05, 0.1) is 13.3 Å². The lowest BCUT2D eigenvalue weighted by atomic mass is 10.0. The van der Waals surface area contributed by atoms with Crippen LogP contribution in [0.1, 0.15) is 17.5 Å². The van der Waals surface area contributed by atoms with Crippen molar-refractivity contribution in [2.24, 2.45) is 5.10 Å². The number of fused-ring (bicyclic) bond motifs is 1. The van der Waals surface area contributed by atoms with E-state index in [1.807, 2.05) is 60.7 Å². The maximum Gasteiger partial charge on any atom is 0.249 e. The maximum atomic E-state index is 12.3. The topological polar surface area (TPSA) is 89.0 Å². The molecular formula is C28H24ClN3O4. The average molecular weight is 502 g/mol. The van der Waals surface area contributed by atoms with E-state index >= 15 is 0 Å². The standard InChI is InChI=1S/C28H24ClN3O4/c1-35-23-7-4-6-22(15-23)31-27(33)16-28(34)32-30-17-25-24-8-3-2-5-20(24)11-14-26(25)36-18-19-9-12-21(29)13-10-19/h2-15,17H,16,18H2,1H3,(H,31,33)(H,32,34). The molecule has 0 radical (unpaired) electrons. The fourth-order valence-electron chi connectivity index (χ4n) is 3.54. The maximum absolute atomic E-state index is 12.3. The number of benzene rings is 4. The van der Waals surface area contributed by atoms with Gasteiger partial charge in [-0.15, -0.1) is 0 Å². The summed E-state index contributed by atoms with van der Waals surface area (Å²) in [5, 5.41) is 9.32. The summed E-state index contributed by atoms with van der Waals surface area (Å²) in [5.41, 5.74) is 4.63. The minimum Gasteiger partial charge on any atom is -0.497 e. The van der Waals surface area contributed by atoms with E-state index in [4.69, 9.17) is 21.1 Å². The molecule has 0 aliphatic carbocycles. The Hall–Kier alpha value is -4.36. The Morgan fingerprint density at radius 2 is 1.75 bits per heavy atom. The average Bonchev–Trinajstić information content (AvgIpc) is 2.89. The number of hydrogen-bond donors (Lipinski definition) is 2. The molecule has 4 aromatic rings. The molecule has 0 fully saturated rings. The Morgan fingerprint density at radius 1 is 0.944 bits per heavy atom. The lowest BCUT2D eigenvalue weighted by Crippen LogP contribution is -2.24. The summed E-state index contributed by atoms with van der Waals surface area (Å²) < 4.78 is 11.2. The summed E-state index contributed by atoms with van der Waals surface area (Å²) in [6, 6.07) is 25.9. The summed E-state index contributed by atoms with van der Waals surface area (Å²) in [6.07, 6.45) is 1.14. The fraction of sp³-hybridized carbons (Fsp3) is 0.107. The molecule has 0 heterocycles. The molecule has 4 aromatic carbocycles. The molecule has 7 nitrogen and oxygen atoms in total. The molecule has 2 amide bonds. The first kappa shape index (κ1) is 24.8. The van der Waals surface area contributed by atoms with Crippen molar-refractivity contribution in [2.45, 2.75) is 13.0 Å². The summed E-state index contributed by atoms with van der Waals surface area (Å²) >= 11 is 5.96. The second-order valence-electron chi connectivity index (χ2n) is 7.86. The molecule has 0 atom stereocenters. The highest BCUT2D eigenvalue weighted by Crippen LogP contribution is 2.27. The number of hydrogen-bond acceptors (Lipinski definition) is 5. The highest BCUT2D eigenvalue weighted by molar-refractivity contribution is 6.30. The Labute approximate surface area is 213 Å². The van der Waals surface area contributed by atoms with Crippen molar-refractivity contribution in [1.82, 2.24) is 5.43 Å². The van der Waals surface area contributed by atoms with Gasteiger partial charge in [0.2, 0.25) is 11.8 Å². The van der Waals surface area contributed by atoms with Crippen LogP contribution >= 0.6 is 11.6 Å². The van der Waals surface area contributed by atoms with Crippen molar-refractivity contribution in [3.8, 4) is 11.5 Å². The molecule has 0 bridgehead atoms. The Balaban J connectivity index is 1.43. The first-order valence-corrected chi connectivity index (χ1v) is 11.5. The Bertz CT molecular complexity index is 1400. The highest BCUT2D eigenvalue weighted by atomic mass is 35.5. The van der Waals surface area contributed by atoms with Crippen molar-refractivity contribution < 1.29 is 19.1 Å². The van der Waals surface area contributed by atoms with Crippen LogP contribution in [0.3, 0.4) is 0 Å². The Morgan fingerprint density at radius 3 is 2.56 bits per heavy atom. The van der Waals surface area contributed by atoms with E-state index < -0.39 is 11.8 Å². The zero-order chi connectivity index (χ0) is 25.3. The second-order valence-corrected chi connectivity index (χ2v) is 8.30. The van der Waals surface area contributed by atoms with E-state index in [1.54, 1.807) is 24.3 Å². The van der Waals surface area contributed by atoms with Gasteiger partial charge in [0, 0.05) is 22.3 Å². The van der Waals surface area contributed by atoms with Crippen molar-refractivity contribution in [3.63, 3.8) is 0 Å². The van der Waals surface area contributed by atoms with E-state index in [1.165, 1.54) is 13.3 Å². The number of hydrazone groups is 1. The zero-order valence-electron chi connectivity index (χ0n) is 19.5. The van der Waals surface area contributed by atoms with Gasteiger partial charge in [0.25, 0.3) is 0 Å². The van der Waals surface area contributed by atoms with Crippen molar-refractivity contribution in [2.75, 3.05) is 12.4 Å². The SMILES string of the molecule is COc1cccc(NC(=O)CC(=O)NN=Cc2c(OCc3ccc(Cl)cc3)ccc3ccccc23)c1. The molecule has 0 saturated heterocycles. The summed E-state index contributed by atoms with van der Waals surface area (Å²) in [6.45, 7) is 0.340. The smallest absolute Gasteiger partial charge is 0.249 e. The Kier molecular flexibility index (Phi) is 8.16. The van der Waals surface area contributed by atoms with E-state index in [0.717, 1.165) is 16.3 Å². The van der Waals surface area contributed by atoms with E-state index in [9.17, 15) is 9.59 Å². The van der Waals surface area contributed by atoms with E-state index in [2.05, 4.69) is 15.8 Å². The number of ether oxygens (including phenoxy) is 2. The number of carbonyl (C=O) groups is 2. The zero-order valence-corrected chi connectivity index (χ0v) is 20.3. The van der Waals surface area contributed by atoms with Crippen LogP contribution in [0, 0.1) is 0 Å². The fourth-order valence-corrected chi connectivity index (χ4v) is 3.66. The molecule has 0 saturated carbocycles. The van der Waals surface area contributed by atoms with Crippen LogP contribution in [-0.4, -0.2) is 25.1 Å². The van der Waals surface area contributed by atoms with Crippen LogP contribution in [0.2, 0.25) is 5.02 Å². The van der Waals surface area contributed by atoms with Crippen molar-refractivity contribution in [1.29, 1.82) is 0 Å². The number of methoxy groups -OCH3 is 1. The van der Waals surface area contributed by atoms with Crippen molar-refractivity contribution in [3.05, 3.63) is 101 Å². The number of anilines is 1. The number of amides is 2. The lowest BCUT2D eigenvalue weighted by molar-refractivity contribution is -0.126. The van der Waals surface area contributed by atoms with Gasteiger partial charge in [0.1, 0.15) is 24.5 Å². The van der Waals surface area contributed by atoms with Crippen LogP contribution in [0.15, 0.2) is 90.0 Å². The minimum absolute atomic E-state index is 0.340. The normalized spacial score (nSPS) is 10.8. The first-order chi connectivity index (χ1) is 17.5. The third-order valence-electron chi connectivity index (χ3n) is 5.30. The number of nitrogens with zero attached hydrogens (tertiary/aromatic N) is 1. The van der Waals surface area contributed by atoms with E-state index in [-0.39, 0.29) is 6.42 Å². The summed E-state index contributed by atoms with van der Waals surface area (Å²) in [4.78, 5) is 24.5. The minimum atomic E-state index is -0.546. The van der Waals surface area contributed by atoms with Gasteiger partial charge < -0.3 is 14.8 Å². The molecule has 0 spiro atoms. The molecule has 0 aromatic heterocycles. The van der Waals surface area contributed by atoms with E-state index in [0.29, 0.717) is 34.4 Å². The van der Waals surface area contributed by atoms with Crippen LogP contribution in [-0.2, 0) is 16.2 Å². The van der Waals surface area contributed by atoms with Gasteiger partial charge in [-0.1, -0.05) is 60.1 Å². The molecule has 2 N–H and O–H groups in total. The predicted octanol–water partition coefficient (Wildman–Crippen LogP) is 5.56. The first-order valence-electron chi connectivity index (χ1n) is 11.2. The molecule has 8 heteroatoms. The quantitative estimate of drug-likeness (QED) is 0.178. The molecule has 36 heavy (non-hydrogen) atoms. The molecule has 0 aliphatic heterocycles. The summed E-state index contributed by atoms with van der Waals surface area (Å²) in [7, 11) is 1.54. The molecule has 182 valence electrons. The number of rotatable bonds is 9. The van der Waals surface area contributed by atoms with Crippen LogP contribution < -0.4 is 20.2 Å². The number of nitrogens with one attached hydrogen (secondary N) is 2. The van der Waals surface area contributed by atoms with Gasteiger partial charge in [-0.3, -0.25) is 9.59 Å². The number of carbonyl (C=O) groups excluding carboxylic acids is 2. The van der Waals surface area contributed by atoms with Gasteiger partial charge in [0.15, 0.2) is 0 Å². The highest BCUT2D eigenvalue weighted by Gasteiger charge is 2.11.